The zero-order valence-electron chi connectivity index (χ0n) is 9.97. The van der Waals surface area contributed by atoms with E-state index < -0.39 is 0 Å². The maximum Gasteiger partial charge on any atom is 0.130 e. The minimum atomic E-state index is 0.532. The Bertz CT molecular complexity index is 462. The van der Waals surface area contributed by atoms with Crippen LogP contribution in [-0.2, 0) is 13.2 Å². The summed E-state index contributed by atoms with van der Waals surface area (Å²) >= 11 is 0. The van der Waals surface area contributed by atoms with E-state index in [2.05, 4.69) is 16.5 Å². The molecule has 0 aliphatic carbocycles. The van der Waals surface area contributed by atoms with Gasteiger partial charge in [-0.3, -0.25) is 0 Å². The predicted octanol–water partition coefficient (Wildman–Crippen LogP) is 2.45. The van der Waals surface area contributed by atoms with Crippen LogP contribution in [-0.4, -0.2) is 9.55 Å². The van der Waals surface area contributed by atoms with E-state index in [1.54, 1.807) is 0 Å². The van der Waals surface area contributed by atoms with E-state index in [4.69, 9.17) is 10.5 Å². The third-order valence-corrected chi connectivity index (χ3v) is 2.53. The zero-order chi connectivity index (χ0) is 12.1. The molecule has 0 aliphatic heterocycles. The van der Waals surface area contributed by atoms with Crippen molar-refractivity contribution >= 4 is 5.69 Å². The highest BCUT2D eigenvalue weighted by Crippen LogP contribution is 2.15. The molecule has 2 N–H and O–H groups in total. The fourth-order valence-electron chi connectivity index (χ4n) is 1.63. The summed E-state index contributed by atoms with van der Waals surface area (Å²) in [6.07, 6.45) is 4.77. The number of nitrogen functional groups attached to an aromatic ring is 1. The van der Waals surface area contributed by atoms with Gasteiger partial charge in [0.15, 0.2) is 0 Å². The van der Waals surface area contributed by atoms with E-state index in [1.165, 1.54) is 0 Å². The molecule has 90 valence electrons. The normalized spacial score (nSPS) is 10.4. The zero-order valence-corrected chi connectivity index (χ0v) is 9.97. The topological polar surface area (TPSA) is 53.1 Å². The van der Waals surface area contributed by atoms with Gasteiger partial charge in [0.05, 0.1) is 18.2 Å². The number of ether oxygens (including phenoxy) is 1. The highest BCUT2D eigenvalue weighted by atomic mass is 16.5. The number of aromatic nitrogens is 2. The van der Waals surface area contributed by atoms with Crippen LogP contribution in [0.15, 0.2) is 36.8 Å². The number of imidazole rings is 1. The smallest absolute Gasteiger partial charge is 0.130 e. The van der Waals surface area contributed by atoms with Crippen LogP contribution in [0, 0.1) is 0 Å². The number of hydrogen-bond acceptors (Lipinski definition) is 3. The highest BCUT2D eigenvalue weighted by Gasteiger charge is 2.02. The molecule has 0 unspecified atom stereocenters. The molecule has 0 bridgehead atoms. The first kappa shape index (κ1) is 11.5. The summed E-state index contributed by atoms with van der Waals surface area (Å²) in [5, 5.41) is 0. The van der Waals surface area contributed by atoms with Crippen molar-refractivity contribution in [3.63, 3.8) is 0 Å². The SMILES string of the molecule is CCCn1cncc1COc1ccc(N)cc1. The molecule has 0 aliphatic rings. The van der Waals surface area contributed by atoms with Crippen molar-refractivity contribution < 1.29 is 4.74 Å². The Kier molecular flexibility index (Phi) is 3.65. The van der Waals surface area contributed by atoms with Gasteiger partial charge < -0.3 is 15.0 Å². The molecule has 0 radical (unpaired) electrons. The Balaban J connectivity index is 1.97. The van der Waals surface area contributed by atoms with Crippen LogP contribution in [0.5, 0.6) is 5.75 Å². The Morgan fingerprint density at radius 2 is 2.06 bits per heavy atom. The van der Waals surface area contributed by atoms with Crippen molar-refractivity contribution in [1.82, 2.24) is 9.55 Å². The standard InChI is InChI=1S/C13H17N3O/c1-2-7-16-10-15-8-12(16)9-17-13-5-3-11(14)4-6-13/h3-6,8,10H,2,7,9,14H2,1H3. The van der Waals surface area contributed by atoms with Crippen LogP contribution >= 0.6 is 0 Å². The number of benzene rings is 1. The molecule has 2 rings (SSSR count). The molecule has 0 spiro atoms. The predicted molar refractivity (Wildman–Crippen MR) is 67.7 cm³/mol. The fourth-order valence-corrected chi connectivity index (χ4v) is 1.63. The lowest BCUT2D eigenvalue weighted by Crippen LogP contribution is -2.04. The van der Waals surface area contributed by atoms with Crippen LogP contribution in [0.1, 0.15) is 19.0 Å². The third-order valence-electron chi connectivity index (χ3n) is 2.53. The van der Waals surface area contributed by atoms with Crippen LogP contribution in [0.4, 0.5) is 5.69 Å². The Morgan fingerprint density at radius 1 is 1.29 bits per heavy atom. The van der Waals surface area contributed by atoms with Crippen molar-refractivity contribution in [2.24, 2.45) is 0 Å². The number of rotatable bonds is 5. The molecule has 0 saturated carbocycles. The summed E-state index contributed by atoms with van der Waals surface area (Å²) in [7, 11) is 0. The molecular weight excluding hydrogens is 214 g/mol. The first-order chi connectivity index (χ1) is 8.29. The van der Waals surface area contributed by atoms with Gasteiger partial charge in [0.1, 0.15) is 12.4 Å². The van der Waals surface area contributed by atoms with E-state index in [1.807, 2.05) is 36.8 Å². The van der Waals surface area contributed by atoms with Crippen molar-refractivity contribution in [1.29, 1.82) is 0 Å². The monoisotopic (exact) mass is 231 g/mol. The molecular formula is C13H17N3O. The summed E-state index contributed by atoms with van der Waals surface area (Å²) < 4.78 is 7.78. The largest absolute Gasteiger partial charge is 0.487 e. The summed E-state index contributed by atoms with van der Waals surface area (Å²) in [5.41, 5.74) is 7.44. The minimum Gasteiger partial charge on any atom is -0.487 e. The molecule has 1 aromatic heterocycles. The highest BCUT2D eigenvalue weighted by molar-refractivity contribution is 5.41. The first-order valence-electron chi connectivity index (χ1n) is 5.77. The average Bonchev–Trinajstić information content (AvgIpc) is 2.77. The summed E-state index contributed by atoms with van der Waals surface area (Å²) in [4.78, 5) is 4.13. The summed E-state index contributed by atoms with van der Waals surface area (Å²) in [6, 6.07) is 7.41. The maximum absolute atomic E-state index is 5.68. The molecule has 1 aromatic carbocycles. The van der Waals surface area contributed by atoms with Gasteiger partial charge in [0.25, 0.3) is 0 Å². The van der Waals surface area contributed by atoms with Gasteiger partial charge in [-0.1, -0.05) is 6.92 Å². The second-order valence-corrected chi connectivity index (χ2v) is 3.94. The molecule has 0 atom stereocenters. The summed E-state index contributed by atoms with van der Waals surface area (Å²) in [5.74, 6) is 0.823. The van der Waals surface area contributed by atoms with Crippen molar-refractivity contribution in [3.05, 3.63) is 42.5 Å². The average molecular weight is 231 g/mol. The van der Waals surface area contributed by atoms with Crippen LogP contribution < -0.4 is 10.5 Å². The molecule has 4 nitrogen and oxygen atoms in total. The van der Waals surface area contributed by atoms with Gasteiger partial charge in [0.2, 0.25) is 0 Å². The third kappa shape index (κ3) is 3.00. The van der Waals surface area contributed by atoms with E-state index >= 15 is 0 Å². The van der Waals surface area contributed by atoms with Gasteiger partial charge in [-0.15, -0.1) is 0 Å². The maximum atomic E-state index is 5.68. The number of nitrogens with zero attached hydrogens (tertiary/aromatic N) is 2. The van der Waals surface area contributed by atoms with Crippen LogP contribution in [0.3, 0.4) is 0 Å². The minimum absolute atomic E-state index is 0.532. The second-order valence-electron chi connectivity index (χ2n) is 3.94. The summed E-state index contributed by atoms with van der Waals surface area (Å²) in [6.45, 7) is 3.65. The Labute approximate surface area is 101 Å². The molecule has 4 heteroatoms. The molecule has 2 aromatic rings. The Hall–Kier alpha value is -1.97. The van der Waals surface area contributed by atoms with E-state index in [0.717, 1.165) is 30.1 Å². The van der Waals surface area contributed by atoms with E-state index in [9.17, 15) is 0 Å². The lowest BCUT2D eigenvalue weighted by atomic mass is 10.3. The van der Waals surface area contributed by atoms with Crippen LogP contribution in [0.25, 0.3) is 0 Å². The molecule has 0 fully saturated rings. The van der Waals surface area contributed by atoms with Gasteiger partial charge in [-0.05, 0) is 30.7 Å². The number of nitrogens with two attached hydrogens (primary N) is 1. The van der Waals surface area contributed by atoms with Gasteiger partial charge in [-0.25, -0.2) is 4.98 Å². The van der Waals surface area contributed by atoms with Crippen LogP contribution in [0.2, 0.25) is 0 Å². The fraction of sp³-hybridized carbons (Fsp3) is 0.308. The van der Waals surface area contributed by atoms with Gasteiger partial charge in [-0.2, -0.15) is 0 Å². The molecule has 1 heterocycles. The van der Waals surface area contributed by atoms with Crippen molar-refractivity contribution in [2.45, 2.75) is 26.5 Å². The quantitative estimate of drug-likeness (QED) is 0.804. The lowest BCUT2D eigenvalue weighted by Gasteiger charge is -2.08. The van der Waals surface area contributed by atoms with Gasteiger partial charge >= 0.3 is 0 Å². The first-order valence-corrected chi connectivity index (χ1v) is 5.77. The number of aryl methyl sites for hydroxylation is 1. The molecule has 17 heavy (non-hydrogen) atoms. The van der Waals surface area contributed by atoms with E-state index in [0.29, 0.717) is 6.61 Å². The van der Waals surface area contributed by atoms with Crippen molar-refractivity contribution in [2.75, 3.05) is 5.73 Å². The van der Waals surface area contributed by atoms with Gasteiger partial charge in [0, 0.05) is 12.2 Å². The van der Waals surface area contributed by atoms with Crippen molar-refractivity contribution in [3.8, 4) is 5.75 Å². The lowest BCUT2D eigenvalue weighted by molar-refractivity contribution is 0.294. The molecule has 0 amide bonds. The Morgan fingerprint density at radius 3 is 2.76 bits per heavy atom. The number of anilines is 1. The second kappa shape index (κ2) is 5.39. The molecule has 0 saturated heterocycles. The van der Waals surface area contributed by atoms with E-state index in [-0.39, 0.29) is 0 Å². The number of hydrogen-bond donors (Lipinski definition) is 1.